The maximum atomic E-state index is 8.83. The lowest BCUT2D eigenvalue weighted by atomic mass is 10.2. The van der Waals surface area contributed by atoms with E-state index in [-0.39, 0.29) is 0 Å². The molecule has 0 saturated heterocycles. The number of anilines is 1. The summed E-state index contributed by atoms with van der Waals surface area (Å²) < 4.78 is 5.25. The van der Waals surface area contributed by atoms with Crippen LogP contribution in [0.5, 0.6) is 0 Å². The third-order valence-electron chi connectivity index (χ3n) is 2.64. The van der Waals surface area contributed by atoms with E-state index in [2.05, 4.69) is 11.1 Å². The predicted octanol–water partition coefficient (Wildman–Crippen LogP) is 2.49. The minimum absolute atomic E-state index is 0.616. The summed E-state index contributed by atoms with van der Waals surface area (Å²) in [6.45, 7) is 2.65. The first kappa shape index (κ1) is 11.2. The summed E-state index contributed by atoms with van der Waals surface area (Å²) >= 11 is 0. The zero-order valence-electron chi connectivity index (χ0n) is 9.84. The summed E-state index contributed by atoms with van der Waals surface area (Å²) in [5.41, 5.74) is 1.74. The van der Waals surface area contributed by atoms with Crippen LogP contribution in [0.15, 0.2) is 35.1 Å². The van der Waals surface area contributed by atoms with Crippen LogP contribution in [0, 0.1) is 18.3 Å². The van der Waals surface area contributed by atoms with Gasteiger partial charge in [0.05, 0.1) is 17.9 Å². The van der Waals surface area contributed by atoms with Crippen LogP contribution >= 0.6 is 0 Å². The molecule has 0 radical (unpaired) electrons. The van der Waals surface area contributed by atoms with Gasteiger partial charge >= 0.3 is 0 Å². The highest BCUT2D eigenvalue weighted by molar-refractivity contribution is 5.44. The molecule has 4 heteroatoms. The molecule has 0 fully saturated rings. The minimum atomic E-state index is 0.616. The molecular weight excluding hydrogens is 214 g/mol. The van der Waals surface area contributed by atoms with Crippen molar-refractivity contribution in [3.8, 4) is 6.07 Å². The van der Waals surface area contributed by atoms with Crippen molar-refractivity contribution < 1.29 is 4.42 Å². The standard InChI is InChI=1S/C13H13N3O/c1-10-12(4-6-17-10)9-16(2)13-7-11(8-14)3-5-15-13/h3-7H,9H2,1-2H3. The smallest absolute Gasteiger partial charge is 0.129 e. The van der Waals surface area contributed by atoms with Gasteiger partial charge in [0.1, 0.15) is 11.6 Å². The molecule has 0 aromatic carbocycles. The summed E-state index contributed by atoms with van der Waals surface area (Å²) in [4.78, 5) is 6.23. The van der Waals surface area contributed by atoms with Gasteiger partial charge < -0.3 is 9.32 Å². The number of furan rings is 1. The number of aryl methyl sites for hydroxylation is 1. The Hall–Kier alpha value is -2.28. The molecule has 86 valence electrons. The topological polar surface area (TPSA) is 53.1 Å². The maximum absolute atomic E-state index is 8.83. The molecule has 0 aliphatic heterocycles. The van der Waals surface area contributed by atoms with E-state index in [9.17, 15) is 0 Å². The Labute approximate surface area is 100 Å². The molecule has 2 aromatic heterocycles. The van der Waals surface area contributed by atoms with Gasteiger partial charge in [0.2, 0.25) is 0 Å². The van der Waals surface area contributed by atoms with Crippen LogP contribution in [0.1, 0.15) is 16.9 Å². The Balaban J connectivity index is 2.17. The summed E-state index contributed by atoms with van der Waals surface area (Å²) in [5.74, 6) is 1.69. The molecule has 0 unspecified atom stereocenters. The van der Waals surface area contributed by atoms with Gasteiger partial charge in [0, 0.05) is 25.4 Å². The van der Waals surface area contributed by atoms with Crippen molar-refractivity contribution in [2.24, 2.45) is 0 Å². The molecule has 17 heavy (non-hydrogen) atoms. The third kappa shape index (κ3) is 2.45. The Morgan fingerprint density at radius 3 is 2.94 bits per heavy atom. The quantitative estimate of drug-likeness (QED) is 0.808. The highest BCUT2D eigenvalue weighted by Gasteiger charge is 2.07. The fourth-order valence-electron chi connectivity index (χ4n) is 1.61. The maximum Gasteiger partial charge on any atom is 0.129 e. The predicted molar refractivity (Wildman–Crippen MR) is 64.5 cm³/mol. The van der Waals surface area contributed by atoms with Gasteiger partial charge in [-0.25, -0.2) is 4.98 Å². The van der Waals surface area contributed by atoms with Crippen molar-refractivity contribution in [3.05, 3.63) is 47.5 Å². The molecular formula is C13H13N3O. The second-order valence-corrected chi connectivity index (χ2v) is 3.87. The van der Waals surface area contributed by atoms with Gasteiger partial charge in [-0.3, -0.25) is 0 Å². The second-order valence-electron chi connectivity index (χ2n) is 3.87. The number of nitriles is 1. The lowest BCUT2D eigenvalue weighted by Gasteiger charge is -2.17. The minimum Gasteiger partial charge on any atom is -0.469 e. The van der Waals surface area contributed by atoms with Crippen molar-refractivity contribution in [1.82, 2.24) is 4.98 Å². The van der Waals surface area contributed by atoms with E-state index in [1.807, 2.05) is 24.9 Å². The second kappa shape index (κ2) is 4.71. The summed E-state index contributed by atoms with van der Waals surface area (Å²) in [6.07, 6.45) is 3.32. The number of hydrogen-bond acceptors (Lipinski definition) is 4. The van der Waals surface area contributed by atoms with E-state index in [0.29, 0.717) is 12.1 Å². The van der Waals surface area contributed by atoms with Crippen molar-refractivity contribution in [2.75, 3.05) is 11.9 Å². The first-order chi connectivity index (χ1) is 8.20. The van der Waals surface area contributed by atoms with Crippen molar-refractivity contribution >= 4 is 5.82 Å². The number of pyridine rings is 1. The van der Waals surface area contributed by atoms with Gasteiger partial charge in [-0.1, -0.05) is 0 Å². The third-order valence-corrected chi connectivity index (χ3v) is 2.64. The van der Waals surface area contributed by atoms with Crippen LogP contribution in [-0.4, -0.2) is 12.0 Å². The molecule has 2 aromatic rings. The number of aromatic nitrogens is 1. The average molecular weight is 227 g/mol. The monoisotopic (exact) mass is 227 g/mol. The summed E-state index contributed by atoms with van der Waals surface area (Å²) in [7, 11) is 1.94. The largest absolute Gasteiger partial charge is 0.469 e. The van der Waals surface area contributed by atoms with Crippen LogP contribution in [0.4, 0.5) is 5.82 Å². The fourth-order valence-corrected chi connectivity index (χ4v) is 1.61. The molecule has 4 nitrogen and oxygen atoms in total. The van der Waals surface area contributed by atoms with Crippen LogP contribution < -0.4 is 4.90 Å². The molecule has 0 N–H and O–H groups in total. The Morgan fingerprint density at radius 1 is 1.47 bits per heavy atom. The SMILES string of the molecule is Cc1occc1CN(C)c1cc(C#N)ccn1. The van der Waals surface area contributed by atoms with Gasteiger partial charge in [0.25, 0.3) is 0 Å². The van der Waals surface area contributed by atoms with Crippen LogP contribution in [0.3, 0.4) is 0 Å². The lowest BCUT2D eigenvalue weighted by molar-refractivity contribution is 0.529. The van der Waals surface area contributed by atoms with Crippen LogP contribution in [0.2, 0.25) is 0 Å². The molecule has 0 bridgehead atoms. The molecule has 2 heterocycles. The Bertz CT molecular complexity index is 554. The van der Waals surface area contributed by atoms with Gasteiger partial charge in [-0.05, 0) is 25.1 Å². The molecule has 0 saturated carbocycles. The van der Waals surface area contributed by atoms with Crippen LogP contribution in [-0.2, 0) is 6.54 Å². The number of hydrogen-bond donors (Lipinski definition) is 0. The highest BCUT2D eigenvalue weighted by Crippen LogP contribution is 2.16. The van der Waals surface area contributed by atoms with Gasteiger partial charge in [-0.2, -0.15) is 5.26 Å². The number of rotatable bonds is 3. The van der Waals surface area contributed by atoms with Gasteiger partial charge in [-0.15, -0.1) is 0 Å². The first-order valence-corrected chi connectivity index (χ1v) is 5.31. The van der Waals surface area contributed by atoms with Crippen LogP contribution in [0.25, 0.3) is 0 Å². The number of nitrogens with zero attached hydrogens (tertiary/aromatic N) is 3. The Morgan fingerprint density at radius 2 is 2.29 bits per heavy atom. The zero-order valence-corrected chi connectivity index (χ0v) is 9.84. The van der Waals surface area contributed by atoms with E-state index < -0.39 is 0 Å². The molecule has 0 aliphatic carbocycles. The van der Waals surface area contributed by atoms with E-state index in [1.54, 1.807) is 24.6 Å². The van der Waals surface area contributed by atoms with Gasteiger partial charge in [0.15, 0.2) is 0 Å². The van der Waals surface area contributed by atoms with E-state index in [4.69, 9.17) is 9.68 Å². The van der Waals surface area contributed by atoms with Crippen molar-refractivity contribution in [1.29, 1.82) is 5.26 Å². The summed E-state index contributed by atoms with van der Waals surface area (Å²) in [5, 5.41) is 8.83. The normalized spacial score (nSPS) is 9.94. The summed E-state index contributed by atoms with van der Waals surface area (Å²) in [6, 6.07) is 7.52. The Kier molecular flexibility index (Phi) is 3.10. The average Bonchev–Trinajstić information content (AvgIpc) is 2.75. The van der Waals surface area contributed by atoms with E-state index in [0.717, 1.165) is 17.1 Å². The first-order valence-electron chi connectivity index (χ1n) is 5.31. The highest BCUT2D eigenvalue weighted by atomic mass is 16.3. The van der Waals surface area contributed by atoms with E-state index >= 15 is 0 Å². The molecule has 0 atom stereocenters. The molecule has 2 rings (SSSR count). The molecule has 0 amide bonds. The zero-order chi connectivity index (χ0) is 12.3. The molecule has 0 aliphatic rings. The lowest BCUT2D eigenvalue weighted by Crippen LogP contribution is -2.17. The fraction of sp³-hybridized carbons (Fsp3) is 0.231. The van der Waals surface area contributed by atoms with E-state index in [1.165, 1.54) is 0 Å². The molecule has 0 spiro atoms. The van der Waals surface area contributed by atoms with Crippen molar-refractivity contribution in [2.45, 2.75) is 13.5 Å². The van der Waals surface area contributed by atoms with Crippen molar-refractivity contribution in [3.63, 3.8) is 0 Å².